The molecular weight excluding hydrogens is 243 g/mol. The predicted octanol–water partition coefficient (Wildman–Crippen LogP) is 2.64. The summed E-state index contributed by atoms with van der Waals surface area (Å²) in [5.41, 5.74) is 1.03. The first kappa shape index (κ1) is 11.5. The lowest BCUT2D eigenvalue weighted by molar-refractivity contribution is 0.630. The highest BCUT2D eigenvalue weighted by Gasteiger charge is 2.11. The number of rotatable bonds is 2. The zero-order chi connectivity index (χ0) is 13.1. The molecule has 0 aliphatic carbocycles. The van der Waals surface area contributed by atoms with Crippen LogP contribution in [0.2, 0.25) is 0 Å². The maximum atomic E-state index is 13.7. The summed E-state index contributed by atoms with van der Waals surface area (Å²) in [4.78, 5) is 14.5. The molecule has 1 aromatic heterocycles. The lowest BCUT2D eigenvalue weighted by Crippen LogP contribution is -2.20. The highest BCUT2D eigenvalue weighted by molar-refractivity contribution is 5.73. The first-order valence-electron chi connectivity index (χ1n) is 5.86. The third kappa shape index (κ3) is 2.35. The van der Waals surface area contributed by atoms with Crippen molar-refractivity contribution >= 4 is 12.2 Å². The maximum absolute atomic E-state index is 13.7. The van der Waals surface area contributed by atoms with Crippen LogP contribution in [-0.2, 0) is 0 Å². The van der Waals surface area contributed by atoms with E-state index in [1.165, 1.54) is 6.07 Å². The van der Waals surface area contributed by atoms with Crippen molar-refractivity contribution in [3.8, 4) is 11.3 Å². The Morgan fingerprint density at radius 3 is 2.84 bits per heavy atom. The molecule has 0 amide bonds. The van der Waals surface area contributed by atoms with Crippen molar-refractivity contribution in [2.45, 2.75) is 0 Å². The monoisotopic (exact) mass is 254 g/mol. The fourth-order valence-corrected chi connectivity index (χ4v) is 1.82. The van der Waals surface area contributed by atoms with Gasteiger partial charge in [-0.2, -0.15) is 0 Å². The molecule has 0 saturated carbocycles. The van der Waals surface area contributed by atoms with E-state index in [2.05, 4.69) is 15.0 Å². The molecule has 94 valence electrons. The molecule has 0 atom stereocenters. The zero-order valence-electron chi connectivity index (χ0n) is 10.1. The second-order valence-corrected chi connectivity index (χ2v) is 4.01. The van der Waals surface area contributed by atoms with E-state index in [-0.39, 0.29) is 5.82 Å². The molecule has 0 bridgehead atoms. The van der Waals surface area contributed by atoms with Crippen LogP contribution < -0.4 is 4.90 Å². The molecule has 2 heterocycles. The van der Waals surface area contributed by atoms with E-state index in [0.717, 1.165) is 0 Å². The Labute approximate surface area is 110 Å². The molecule has 1 aliphatic heterocycles. The van der Waals surface area contributed by atoms with E-state index in [9.17, 15) is 4.39 Å². The summed E-state index contributed by atoms with van der Waals surface area (Å²) in [6.45, 7) is 0.469. The number of halogens is 1. The van der Waals surface area contributed by atoms with Crippen LogP contribution in [0, 0.1) is 5.82 Å². The van der Waals surface area contributed by atoms with E-state index in [1.807, 2.05) is 12.3 Å². The van der Waals surface area contributed by atoms with Gasteiger partial charge < -0.3 is 0 Å². The van der Waals surface area contributed by atoms with Gasteiger partial charge in [-0.25, -0.2) is 14.4 Å². The summed E-state index contributed by atoms with van der Waals surface area (Å²) in [6, 6.07) is 8.25. The second-order valence-electron chi connectivity index (χ2n) is 4.01. The molecule has 0 radical (unpaired) electrons. The number of benzene rings is 1. The standard InChI is InChI=1S/C14H11FN4/c15-12-5-2-1-4-11(12)13-6-8-17-14(18-13)19-9-3-7-16-10-19/h1-9H,10H2. The third-order valence-corrected chi connectivity index (χ3v) is 2.74. The molecule has 3 rings (SSSR count). The Balaban J connectivity index is 1.98. The normalized spacial score (nSPS) is 13.8. The van der Waals surface area contributed by atoms with Crippen LogP contribution in [0.5, 0.6) is 0 Å². The van der Waals surface area contributed by atoms with Crippen molar-refractivity contribution in [3.63, 3.8) is 0 Å². The molecule has 2 aromatic rings. The molecule has 1 aliphatic rings. The van der Waals surface area contributed by atoms with Gasteiger partial charge in [0.05, 0.1) is 5.69 Å². The number of hydrogen-bond acceptors (Lipinski definition) is 4. The molecule has 0 saturated heterocycles. The van der Waals surface area contributed by atoms with Crippen LogP contribution in [0.1, 0.15) is 0 Å². The largest absolute Gasteiger partial charge is 0.297 e. The summed E-state index contributed by atoms with van der Waals surface area (Å²) < 4.78 is 13.7. The Morgan fingerprint density at radius 2 is 2.05 bits per heavy atom. The molecule has 0 N–H and O–H groups in total. The lowest BCUT2D eigenvalue weighted by atomic mass is 10.1. The van der Waals surface area contributed by atoms with Crippen molar-refractivity contribution in [3.05, 3.63) is 54.6 Å². The van der Waals surface area contributed by atoms with Gasteiger partial charge in [0, 0.05) is 24.2 Å². The first-order chi connectivity index (χ1) is 9.34. The average molecular weight is 254 g/mol. The smallest absolute Gasteiger partial charge is 0.231 e. The maximum Gasteiger partial charge on any atom is 0.231 e. The van der Waals surface area contributed by atoms with Crippen LogP contribution in [-0.4, -0.2) is 22.9 Å². The number of aromatic nitrogens is 2. The topological polar surface area (TPSA) is 41.4 Å². The fourth-order valence-electron chi connectivity index (χ4n) is 1.82. The fraction of sp³-hybridized carbons (Fsp3) is 0.0714. The van der Waals surface area contributed by atoms with Crippen LogP contribution in [0.3, 0.4) is 0 Å². The summed E-state index contributed by atoms with van der Waals surface area (Å²) in [5, 5.41) is 0. The van der Waals surface area contributed by atoms with Gasteiger partial charge >= 0.3 is 0 Å². The minimum Gasteiger partial charge on any atom is -0.297 e. The predicted molar refractivity (Wildman–Crippen MR) is 72.4 cm³/mol. The number of aliphatic imine (C=N–C) groups is 1. The van der Waals surface area contributed by atoms with E-state index >= 15 is 0 Å². The Bertz CT molecular complexity index is 651. The van der Waals surface area contributed by atoms with E-state index in [4.69, 9.17) is 0 Å². The molecule has 0 unspecified atom stereocenters. The quantitative estimate of drug-likeness (QED) is 0.827. The third-order valence-electron chi connectivity index (χ3n) is 2.74. The summed E-state index contributed by atoms with van der Waals surface area (Å²) >= 11 is 0. The van der Waals surface area contributed by atoms with Gasteiger partial charge in [0.1, 0.15) is 12.5 Å². The summed E-state index contributed by atoms with van der Waals surface area (Å²) in [6.07, 6.45) is 6.99. The number of nitrogens with zero attached hydrogens (tertiary/aromatic N) is 4. The average Bonchev–Trinajstić information content (AvgIpc) is 2.49. The van der Waals surface area contributed by atoms with Gasteiger partial charge in [-0.05, 0) is 24.3 Å². The molecule has 0 spiro atoms. The van der Waals surface area contributed by atoms with E-state index < -0.39 is 0 Å². The molecule has 1 aromatic carbocycles. The number of hydrogen-bond donors (Lipinski definition) is 0. The van der Waals surface area contributed by atoms with Crippen molar-refractivity contribution < 1.29 is 4.39 Å². The van der Waals surface area contributed by atoms with Gasteiger partial charge in [-0.3, -0.25) is 9.89 Å². The summed E-state index contributed by atoms with van der Waals surface area (Å²) in [5.74, 6) is 0.216. The number of anilines is 1. The minimum atomic E-state index is -0.292. The molecular formula is C14H11FN4. The van der Waals surface area contributed by atoms with Gasteiger partial charge in [0.15, 0.2) is 0 Å². The first-order valence-corrected chi connectivity index (χ1v) is 5.86. The van der Waals surface area contributed by atoms with Crippen LogP contribution >= 0.6 is 0 Å². The zero-order valence-corrected chi connectivity index (χ0v) is 10.1. The second kappa shape index (κ2) is 4.97. The lowest BCUT2D eigenvalue weighted by Gasteiger charge is -2.17. The van der Waals surface area contributed by atoms with Crippen molar-refractivity contribution in [1.82, 2.24) is 9.97 Å². The molecule has 4 nitrogen and oxygen atoms in total. The van der Waals surface area contributed by atoms with Crippen molar-refractivity contribution in [2.75, 3.05) is 11.6 Å². The van der Waals surface area contributed by atoms with Gasteiger partial charge in [0.2, 0.25) is 5.95 Å². The Hall–Kier alpha value is -2.56. The van der Waals surface area contributed by atoms with Crippen molar-refractivity contribution in [1.29, 1.82) is 0 Å². The van der Waals surface area contributed by atoms with E-state index in [1.54, 1.807) is 41.6 Å². The number of allylic oxidation sites excluding steroid dienone is 1. The van der Waals surface area contributed by atoms with Crippen LogP contribution in [0.4, 0.5) is 10.3 Å². The molecule has 0 fully saturated rings. The van der Waals surface area contributed by atoms with Gasteiger partial charge in [-0.1, -0.05) is 12.1 Å². The van der Waals surface area contributed by atoms with Crippen LogP contribution in [0.15, 0.2) is 53.8 Å². The van der Waals surface area contributed by atoms with Gasteiger partial charge in [-0.15, -0.1) is 0 Å². The Morgan fingerprint density at radius 1 is 1.16 bits per heavy atom. The van der Waals surface area contributed by atoms with Gasteiger partial charge in [0.25, 0.3) is 0 Å². The SMILES string of the molecule is Fc1ccccc1-c1ccnc(N2C=CC=NC2)n1. The highest BCUT2D eigenvalue weighted by atomic mass is 19.1. The minimum absolute atomic E-state index is 0.292. The van der Waals surface area contributed by atoms with E-state index in [0.29, 0.717) is 23.9 Å². The van der Waals surface area contributed by atoms with Crippen LogP contribution in [0.25, 0.3) is 11.3 Å². The molecule has 5 heteroatoms. The van der Waals surface area contributed by atoms with Crippen molar-refractivity contribution in [2.24, 2.45) is 4.99 Å². The Kier molecular flexibility index (Phi) is 3.02. The molecule has 19 heavy (non-hydrogen) atoms. The summed E-state index contributed by atoms with van der Waals surface area (Å²) in [7, 11) is 0. The highest BCUT2D eigenvalue weighted by Crippen LogP contribution is 2.22.